The highest BCUT2D eigenvalue weighted by Gasteiger charge is 2.32. The van der Waals surface area contributed by atoms with Gasteiger partial charge in [-0.2, -0.15) is 0 Å². The summed E-state index contributed by atoms with van der Waals surface area (Å²) in [4.78, 5) is 28.1. The quantitative estimate of drug-likeness (QED) is 0.325. The van der Waals surface area contributed by atoms with Crippen molar-refractivity contribution < 1.29 is 27.1 Å². The number of nitrogens with zero attached hydrogens (tertiary/aromatic N) is 2. The van der Waals surface area contributed by atoms with Gasteiger partial charge in [-0.15, -0.1) is 0 Å². The van der Waals surface area contributed by atoms with Gasteiger partial charge in [0.25, 0.3) is 10.0 Å². The highest BCUT2D eigenvalue weighted by molar-refractivity contribution is 7.92. The van der Waals surface area contributed by atoms with Crippen LogP contribution in [0.15, 0.2) is 77.7 Å². The van der Waals surface area contributed by atoms with Crippen LogP contribution in [0.1, 0.15) is 26.3 Å². The van der Waals surface area contributed by atoms with E-state index in [4.69, 9.17) is 16.3 Å². The summed E-state index contributed by atoms with van der Waals surface area (Å²) in [6.45, 7) is 5.19. The Bertz CT molecular complexity index is 1420. The van der Waals surface area contributed by atoms with Gasteiger partial charge in [0, 0.05) is 13.1 Å². The maximum atomic E-state index is 13.9. The molecule has 0 saturated heterocycles. The number of carbonyl (C=O) groups is 2. The number of benzene rings is 3. The number of methoxy groups -OCH3 is 1. The molecule has 0 saturated carbocycles. The first-order chi connectivity index (χ1) is 18.9. The minimum Gasteiger partial charge on any atom is -0.495 e. The van der Waals surface area contributed by atoms with Gasteiger partial charge in [0.1, 0.15) is 24.2 Å². The van der Waals surface area contributed by atoms with Gasteiger partial charge in [-0.05, 0) is 60.9 Å². The standard InChI is InChI=1S/C29H33ClFN3O5S/c1-20(2)17-32-29(36)21(3)33(18-22-10-12-23(31)13-11-22)28(35)19-34(24-14-15-27(39-4)26(30)16-24)40(37,38)25-8-6-5-7-9-25/h5-16,20-21H,17-19H2,1-4H3,(H,32,36)/t21-/m0/s1. The van der Waals surface area contributed by atoms with Gasteiger partial charge in [-0.25, -0.2) is 12.8 Å². The van der Waals surface area contributed by atoms with Crippen LogP contribution in [0.3, 0.4) is 0 Å². The van der Waals surface area contributed by atoms with Gasteiger partial charge in [0.2, 0.25) is 11.8 Å². The van der Waals surface area contributed by atoms with Crippen molar-refractivity contribution in [1.29, 1.82) is 0 Å². The van der Waals surface area contributed by atoms with Crippen molar-refractivity contribution in [3.63, 3.8) is 0 Å². The number of ether oxygens (including phenoxy) is 1. The van der Waals surface area contributed by atoms with Crippen LogP contribution in [0.25, 0.3) is 0 Å². The molecule has 3 rings (SSSR count). The number of hydrogen-bond acceptors (Lipinski definition) is 5. The zero-order valence-electron chi connectivity index (χ0n) is 22.8. The predicted molar refractivity (Wildman–Crippen MR) is 153 cm³/mol. The number of amides is 2. The summed E-state index contributed by atoms with van der Waals surface area (Å²) in [5, 5.41) is 2.98. The molecule has 0 unspecified atom stereocenters. The summed E-state index contributed by atoms with van der Waals surface area (Å²) in [5.41, 5.74) is 0.713. The molecule has 1 atom stereocenters. The van der Waals surface area contributed by atoms with Crippen molar-refractivity contribution >= 4 is 39.1 Å². The van der Waals surface area contributed by atoms with Crippen LogP contribution in [0.4, 0.5) is 10.1 Å². The summed E-state index contributed by atoms with van der Waals surface area (Å²) < 4.78 is 47.3. The minimum atomic E-state index is -4.23. The van der Waals surface area contributed by atoms with Crippen LogP contribution in [-0.2, 0) is 26.2 Å². The maximum absolute atomic E-state index is 13.9. The SMILES string of the molecule is COc1ccc(N(CC(=O)N(Cc2ccc(F)cc2)[C@@H](C)C(=O)NCC(C)C)S(=O)(=O)c2ccccc2)cc1Cl. The fraction of sp³-hybridized carbons (Fsp3) is 0.310. The van der Waals surface area contributed by atoms with Crippen molar-refractivity contribution in [2.75, 3.05) is 24.5 Å². The molecule has 0 heterocycles. The van der Waals surface area contributed by atoms with Crippen LogP contribution in [0.5, 0.6) is 5.75 Å². The summed E-state index contributed by atoms with van der Waals surface area (Å²) in [7, 11) is -2.80. The second-order valence-electron chi connectivity index (χ2n) is 9.61. The van der Waals surface area contributed by atoms with Crippen LogP contribution in [0, 0.1) is 11.7 Å². The molecule has 0 aliphatic carbocycles. The van der Waals surface area contributed by atoms with Gasteiger partial charge in [-0.3, -0.25) is 13.9 Å². The van der Waals surface area contributed by atoms with E-state index in [0.717, 1.165) is 4.31 Å². The summed E-state index contributed by atoms with van der Waals surface area (Å²) >= 11 is 6.32. The first kappa shape index (κ1) is 30.9. The van der Waals surface area contributed by atoms with E-state index in [9.17, 15) is 22.4 Å². The zero-order valence-corrected chi connectivity index (χ0v) is 24.4. The van der Waals surface area contributed by atoms with Crippen LogP contribution in [-0.4, -0.2) is 51.4 Å². The average Bonchev–Trinajstić information content (AvgIpc) is 2.94. The lowest BCUT2D eigenvalue weighted by atomic mass is 10.1. The largest absolute Gasteiger partial charge is 0.495 e. The van der Waals surface area contributed by atoms with Gasteiger partial charge >= 0.3 is 0 Å². The van der Waals surface area contributed by atoms with Crippen molar-refractivity contribution in [2.24, 2.45) is 5.92 Å². The fourth-order valence-corrected chi connectivity index (χ4v) is 5.56. The molecule has 0 aliphatic heterocycles. The zero-order chi connectivity index (χ0) is 29.4. The first-order valence-corrected chi connectivity index (χ1v) is 14.5. The van der Waals surface area contributed by atoms with E-state index in [2.05, 4.69) is 5.32 Å². The van der Waals surface area contributed by atoms with E-state index < -0.39 is 40.2 Å². The molecule has 0 spiro atoms. The molecule has 8 nitrogen and oxygen atoms in total. The third-order valence-corrected chi connectivity index (χ3v) is 8.23. The number of anilines is 1. The topological polar surface area (TPSA) is 96.0 Å². The van der Waals surface area contributed by atoms with Crippen LogP contribution < -0.4 is 14.4 Å². The normalized spacial score (nSPS) is 12.1. The molecule has 0 fully saturated rings. The van der Waals surface area contributed by atoms with E-state index in [1.807, 2.05) is 13.8 Å². The Morgan fingerprint density at radius 3 is 2.23 bits per heavy atom. The van der Waals surface area contributed by atoms with Gasteiger partial charge in [-0.1, -0.05) is 55.8 Å². The van der Waals surface area contributed by atoms with E-state index in [1.54, 1.807) is 25.1 Å². The van der Waals surface area contributed by atoms with Crippen LogP contribution >= 0.6 is 11.6 Å². The van der Waals surface area contributed by atoms with Gasteiger partial charge < -0.3 is 15.0 Å². The second-order valence-corrected chi connectivity index (χ2v) is 11.9. The number of nitrogens with one attached hydrogen (secondary N) is 1. The summed E-state index contributed by atoms with van der Waals surface area (Å²) in [6, 6.07) is 16.7. The molecular formula is C29H33ClFN3O5S. The van der Waals surface area contributed by atoms with Gasteiger partial charge in [0.15, 0.2) is 0 Å². The highest BCUT2D eigenvalue weighted by Crippen LogP contribution is 2.32. The van der Waals surface area contributed by atoms with E-state index >= 15 is 0 Å². The van der Waals surface area contributed by atoms with E-state index in [-0.39, 0.29) is 28.1 Å². The average molecular weight is 590 g/mol. The van der Waals surface area contributed by atoms with Gasteiger partial charge in [0.05, 0.1) is 22.7 Å². The molecular weight excluding hydrogens is 557 g/mol. The smallest absolute Gasteiger partial charge is 0.264 e. The lowest BCUT2D eigenvalue weighted by Gasteiger charge is -2.32. The lowest BCUT2D eigenvalue weighted by molar-refractivity contribution is -0.139. The van der Waals surface area contributed by atoms with Crippen molar-refractivity contribution in [3.05, 3.63) is 89.2 Å². The molecule has 11 heteroatoms. The molecule has 1 N–H and O–H groups in total. The first-order valence-electron chi connectivity index (χ1n) is 12.7. The predicted octanol–water partition coefficient (Wildman–Crippen LogP) is 4.87. The fourth-order valence-electron chi connectivity index (χ4n) is 3.88. The molecule has 3 aromatic carbocycles. The molecule has 3 aromatic rings. The number of hydrogen-bond donors (Lipinski definition) is 1. The Labute approximate surface area is 239 Å². The van der Waals surface area contributed by atoms with Crippen LogP contribution in [0.2, 0.25) is 5.02 Å². The van der Waals surface area contributed by atoms with Crippen molar-refractivity contribution in [2.45, 2.75) is 38.3 Å². The summed E-state index contributed by atoms with van der Waals surface area (Å²) in [6.07, 6.45) is 0. The molecule has 0 aliphatic rings. The van der Waals surface area contributed by atoms with Crippen molar-refractivity contribution in [1.82, 2.24) is 10.2 Å². The third-order valence-electron chi connectivity index (χ3n) is 6.15. The Morgan fingerprint density at radius 2 is 1.65 bits per heavy atom. The molecule has 40 heavy (non-hydrogen) atoms. The lowest BCUT2D eigenvalue weighted by Crippen LogP contribution is -2.51. The maximum Gasteiger partial charge on any atom is 0.264 e. The Kier molecular flexibility index (Phi) is 10.5. The second kappa shape index (κ2) is 13.6. The number of rotatable bonds is 12. The van der Waals surface area contributed by atoms with E-state index in [0.29, 0.717) is 17.9 Å². The Hall–Kier alpha value is -3.63. The van der Waals surface area contributed by atoms with E-state index in [1.165, 1.54) is 66.6 Å². The minimum absolute atomic E-state index is 0.0254. The molecule has 0 bridgehead atoms. The number of carbonyl (C=O) groups excluding carboxylic acids is 2. The monoisotopic (exact) mass is 589 g/mol. The molecule has 214 valence electrons. The Balaban J connectivity index is 2.03. The number of halogens is 2. The molecule has 0 aromatic heterocycles. The Morgan fingerprint density at radius 1 is 1.00 bits per heavy atom. The molecule has 2 amide bonds. The number of sulfonamides is 1. The highest BCUT2D eigenvalue weighted by atomic mass is 35.5. The third kappa shape index (κ3) is 7.73. The van der Waals surface area contributed by atoms with Crippen molar-refractivity contribution in [3.8, 4) is 5.75 Å². The summed E-state index contributed by atoms with van der Waals surface area (Å²) in [5.74, 6) is -0.955. The molecule has 0 radical (unpaired) electrons.